The first-order valence-electron chi connectivity index (χ1n) is 7.19. The molecule has 0 aliphatic rings. The maximum Gasteiger partial charge on any atom is 0.307 e. The summed E-state index contributed by atoms with van der Waals surface area (Å²) in [5.41, 5.74) is 2.27. The molecular formula is C18H16N2O3S. The van der Waals surface area contributed by atoms with Crippen LogP contribution in [-0.4, -0.2) is 22.1 Å². The maximum absolute atomic E-state index is 11.8. The highest BCUT2D eigenvalue weighted by Crippen LogP contribution is 2.10. The number of aliphatic carboxylic acids is 1. The molecule has 0 saturated heterocycles. The van der Waals surface area contributed by atoms with Crippen LogP contribution in [-0.2, 0) is 16.0 Å². The average molecular weight is 340 g/mol. The number of anilines is 1. The van der Waals surface area contributed by atoms with Gasteiger partial charge in [-0.05, 0) is 41.6 Å². The van der Waals surface area contributed by atoms with E-state index in [0.717, 1.165) is 5.56 Å². The molecule has 0 aromatic heterocycles. The number of carbonyl (C=O) groups excluding carboxylic acids is 1. The number of rotatable bonds is 5. The van der Waals surface area contributed by atoms with Crippen molar-refractivity contribution in [3.8, 4) is 0 Å². The highest BCUT2D eigenvalue weighted by Gasteiger charge is 2.03. The summed E-state index contributed by atoms with van der Waals surface area (Å²) in [5, 5.41) is 14.3. The number of carboxylic acid groups (broad SMARTS) is 1. The van der Waals surface area contributed by atoms with Gasteiger partial charge in [-0.2, -0.15) is 0 Å². The van der Waals surface area contributed by atoms with Gasteiger partial charge in [-0.3, -0.25) is 14.9 Å². The van der Waals surface area contributed by atoms with Crippen molar-refractivity contribution < 1.29 is 14.7 Å². The zero-order valence-corrected chi connectivity index (χ0v) is 13.5. The van der Waals surface area contributed by atoms with E-state index in [1.54, 1.807) is 30.3 Å². The van der Waals surface area contributed by atoms with E-state index in [2.05, 4.69) is 10.6 Å². The van der Waals surface area contributed by atoms with Crippen LogP contribution in [0.5, 0.6) is 0 Å². The fourth-order valence-corrected chi connectivity index (χ4v) is 2.15. The Hall–Kier alpha value is -2.99. The van der Waals surface area contributed by atoms with Gasteiger partial charge in [0.05, 0.1) is 6.42 Å². The van der Waals surface area contributed by atoms with Gasteiger partial charge in [-0.1, -0.05) is 42.5 Å². The molecule has 0 spiro atoms. The Balaban J connectivity index is 1.85. The van der Waals surface area contributed by atoms with Crippen LogP contribution >= 0.6 is 12.2 Å². The molecule has 0 aliphatic heterocycles. The molecular weight excluding hydrogens is 324 g/mol. The molecule has 0 radical (unpaired) electrons. The minimum absolute atomic E-state index is 0.0360. The zero-order chi connectivity index (χ0) is 17.4. The summed E-state index contributed by atoms with van der Waals surface area (Å²) in [6.07, 6.45) is 3.06. The third-order valence-electron chi connectivity index (χ3n) is 3.03. The van der Waals surface area contributed by atoms with Gasteiger partial charge in [0.1, 0.15) is 0 Å². The second-order valence-corrected chi connectivity index (χ2v) is 5.36. The SMILES string of the molecule is O=C(O)Cc1ccc(NC(=S)NC(=O)/C=C/c2ccccc2)cc1. The minimum Gasteiger partial charge on any atom is -0.481 e. The monoisotopic (exact) mass is 340 g/mol. The highest BCUT2D eigenvalue weighted by atomic mass is 32.1. The predicted octanol–water partition coefficient (Wildman–Crippen LogP) is 2.84. The first-order chi connectivity index (χ1) is 11.5. The molecule has 0 atom stereocenters. The van der Waals surface area contributed by atoms with Gasteiger partial charge in [-0.15, -0.1) is 0 Å². The van der Waals surface area contributed by atoms with E-state index in [0.29, 0.717) is 11.3 Å². The van der Waals surface area contributed by atoms with Crippen LogP contribution in [0, 0.1) is 0 Å². The Bertz CT molecular complexity index is 756. The second-order valence-electron chi connectivity index (χ2n) is 4.95. The van der Waals surface area contributed by atoms with Gasteiger partial charge in [0.25, 0.3) is 0 Å². The number of carbonyl (C=O) groups is 2. The van der Waals surface area contributed by atoms with Crippen molar-refractivity contribution in [2.45, 2.75) is 6.42 Å². The number of benzene rings is 2. The Kier molecular flexibility index (Phi) is 6.22. The lowest BCUT2D eigenvalue weighted by atomic mass is 10.1. The third-order valence-corrected chi connectivity index (χ3v) is 3.23. The molecule has 122 valence electrons. The summed E-state index contributed by atoms with van der Waals surface area (Å²) in [5.74, 6) is -1.22. The second kappa shape index (κ2) is 8.59. The molecule has 5 nitrogen and oxygen atoms in total. The molecule has 6 heteroatoms. The van der Waals surface area contributed by atoms with Crippen molar-refractivity contribution in [2.75, 3.05) is 5.32 Å². The van der Waals surface area contributed by atoms with Crippen LogP contribution < -0.4 is 10.6 Å². The molecule has 3 N–H and O–H groups in total. The van der Waals surface area contributed by atoms with E-state index >= 15 is 0 Å². The van der Waals surface area contributed by atoms with Crippen LogP contribution in [0.25, 0.3) is 6.08 Å². The van der Waals surface area contributed by atoms with E-state index in [1.807, 2.05) is 30.3 Å². The van der Waals surface area contributed by atoms with Crippen LogP contribution in [0.4, 0.5) is 5.69 Å². The Morgan fingerprint density at radius 1 is 1.04 bits per heavy atom. The number of amides is 1. The van der Waals surface area contributed by atoms with Gasteiger partial charge in [0.2, 0.25) is 5.91 Å². The summed E-state index contributed by atoms with van der Waals surface area (Å²) < 4.78 is 0. The van der Waals surface area contributed by atoms with Crippen molar-refractivity contribution in [3.05, 3.63) is 71.8 Å². The minimum atomic E-state index is -0.885. The molecule has 2 aromatic carbocycles. The lowest BCUT2D eigenvalue weighted by Gasteiger charge is -2.08. The third kappa shape index (κ3) is 6.02. The topological polar surface area (TPSA) is 78.4 Å². The molecule has 0 bridgehead atoms. The summed E-state index contributed by atoms with van der Waals surface area (Å²) in [4.78, 5) is 22.4. The van der Waals surface area contributed by atoms with Gasteiger partial charge in [0.15, 0.2) is 5.11 Å². The normalized spacial score (nSPS) is 10.3. The quantitative estimate of drug-likeness (QED) is 0.576. The van der Waals surface area contributed by atoms with Crippen molar-refractivity contribution in [2.24, 2.45) is 0 Å². The molecule has 1 amide bonds. The number of nitrogens with one attached hydrogen (secondary N) is 2. The number of carboxylic acids is 1. The molecule has 0 aliphatic carbocycles. The van der Waals surface area contributed by atoms with Crippen molar-refractivity contribution in [1.82, 2.24) is 5.32 Å². The average Bonchev–Trinajstić information content (AvgIpc) is 2.55. The fourth-order valence-electron chi connectivity index (χ4n) is 1.93. The lowest BCUT2D eigenvalue weighted by Crippen LogP contribution is -2.32. The van der Waals surface area contributed by atoms with Crippen LogP contribution in [0.2, 0.25) is 0 Å². The molecule has 2 rings (SSSR count). The molecule has 24 heavy (non-hydrogen) atoms. The van der Waals surface area contributed by atoms with E-state index in [4.69, 9.17) is 17.3 Å². The van der Waals surface area contributed by atoms with E-state index < -0.39 is 5.97 Å². The predicted molar refractivity (Wildman–Crippen MR) is 97.6 cm³/mol. The van der Waals surface area contributed by atoms with Crippen molar-refractivity contribution >= 4 is 41.0 Å². The molecule has 0 unspecified atom stereocenters. The van der Waals surface area contributed by atoms with Crippen molar-refractivity contribution in [3.63, 3.8) is 0 Å². The first kappa shape index (κ1) is 17.4. The number of hydrogen-bond donors (Lipinski definition) is 3. The molecule has 0 fully saturated rings. The summed E-state index contributed by atoms with van der Waals surface area (Å²) in [6.45, 7) is 0. The van der Waals surface area contributed by atoms with Gasteiger partial charge in [0, 0.05) is 11.8 Å². The van der Waals surface area contributed by atoms with E-state index in [9.17, 15) is 9.59 Å². The van der Waals surface area contributed by atoms with Crippen LogP contribution in [0.15, 0.2) is 60.7 Å². The fraction of sp³-hybridized carbons (Fsp3) is 0.0556. The molecule has 2 aromatic rings. The van der Waals surface area contributed by atoms with Crippen molar-refractivity contribution in [1.29, 1.82) is 0 Å². The Labute approximate surface area is 145 Å². The van der Waals surface area contributed by atoms with E-state index in [-0.39, 0.29) is 17.4 Å². The van der Waals surface area contributed by atoms with Crippen LogP contribution in [0.1, 0.15) is 11.1 Å². The smallest absolute Gasteiger partial charge is 0.307 e. The highest BCUT2D eigenvalue weighted by molar-refractivity contribution is 7.80. The zero-order valence-electron chi connectivity index (χ0n) is 12.7. The maximum atomic E-state index is 11.8. The standard InChI is InChI=1S/C18H16N2O3S/c21-16(11-8-13-4-2-1-3-5-13)20-18(24)19-15-9-6-14(7-10-15)12-17(22)23/h1-11H,12H2,(H,22,23)(H2,19,20,21,24)/b11-8+. The summed E-state index contributed by atoms with van der Waals surface area (Å²) in [6, 6.07) is 16.2. The van der Waals surface area contributed by atoms with Gasteiger partial charge in [-0.25, -0.2) is 0 Å². The van der Waals surface area contributed by atoms with E-state index in [1.165, 1.54) is 6.08 Å². The Morgan fingerprint density at radius 2 is 1.71 bits per heavy atom. The summed E-state index contributed by atoms with van der Waals surface area (Å²) in [7, 11) is 0. The first-order valence-corrected chi connectivity index (χ1v) is 7.59. The van der Waals surface area contributed by atoms with Gasteiger partial charge < -0.3 is 10.4 Å². The Morgan fingerprint density at radius 3 is 2.33 bits per heavy atom. The van der Waals surface area contributed by atoms with Gasteiger partial charge >= 0.3 is 5.97 Å². The van der Waals surface area contributed by atoms with Crippen LogP contribution in [0.3, 0.4) is 0 Å². The lowest BCUT2D eigenvalue weighted by molar-refractivity contribution is -0.136. The molecule has 0 saturated carbocycles. The molecule has 0 heterocycles. The number of hydrogen-bond acceptors (Lipinski definition) is 3. The number of thiocarbonyl (C=S) groups is 1. The summed E-state index contributed by atoms with van der Waals surface area (Å²) >= 11 is 5.07. The largest absolute Gasteiger partial charge is 0.481 e.